The number of anilines is 1. The standard InChI is InChI=1S/C19H13FN2O5S2/c1-27-16-10-13(19(23)24)6-8-15(16)22-29(25,26)18-11-28-17(21-18)9-7-12-4-2-3-5-14(12)20/h2-6,8,10-11,22H,1H3,(H,23,24). The molecule has 0 aliphatic heterocycles. The zero-order chi connectivity index (χ0) is 21.0. The Kier molecular flexibility index (Phi) is 5.81. The van der Waals surface area contributed by atoms with Gasteiger partial charge in [0, 0.05) is 5.38 Å². The minimum absolute atomic E-state index is 0.0447. The van der Waals surface area contributed by atoms with E-state index in [2.05, 4.69) is 21.5 Å². The van der Waals surface area contributed by atoms with Crippen LogP contribution in [0.25, 0.3) is 0 Å². The molecule has 3 rings (SSSR count). The van der Waals surface area contributed by atoms with E-state index in [-0.39, 0.29) is 32.6 Å². The number of hydrogen-bond acceptors (Lipinski definition) is 6. The first kappa shape index (κ1) is 20.3. The highest BCUT2D eigenvalue weighted by Crippen LogP contribution is 2.28. The summed E-state index contributed by atoms with van der Waals surface area (Å²) in [6.45, 7) is 0. The maximum atomic E-state index is 13.6. The first-order valence-corrected chi connectivity index (χ1v) is 10.3. The van der Waals surface area contributed by atoms with E-state index in [0.717, 1.165) is 11.3 Å². The fourth-order valence-corrected chi connectivity index (χ4v) is 4.24. The highest BCUT2D eigenvalue weighted by atomic mass is 32.2. The largest absolute Gasteiger partial charge is 0.495 e. The van der Waals surface area contributed by atoms with Crippen LogP contribution in [0.3, 0.4) is 0 Å². The summed E-state index contributed by atoms with van der Waals surface area (Å²) in [6, 6.07) is 9.68. The number of nitrogens with zero attached hydrogens (tertiary/aromatic N) is 1. The van der Waals surface area contributed by atoms with Crippen molar-refractivity contribution in [2.75, 3.05) is 11.8 Å². The van der Waals surface area contributed by atoms with Crippen molar-refractivity contribution in [3.63, 3.8) is 0 Å². The fraction of sp³-hybridized carbons (Fsp3) is 0.0526. The number of aromatic nitrogens is 1. The molecular weight excluding hydrogens is 419 g/mol. The highest BCUT2D eigenvalue weighted by molar-refractivity contribution is 7.92. The molecule has 0 aliphatic carbocycles. The lowest BCUT2D eigenvalue weighted by molar-refractivity contribution is 0.0696. The summed E-state index contributed by atoms with van der Waals surface area (Å²) >= 11 is 0.993. The normalized spacial score (nSPS) is 10.7. The number of rotatable bonds is 5. The molecule has 2 aromatic carbocycles. The zero-order valence-corrected chi connectivity index (χ0v) is 16.5. The number of ether oxygens (including phenoxy) is 1. The first-order valence-electron chi connectivity index (χ1n) is 7.96. The van der Waals surface area contributed by atoms with Crippen LogP contribution in [-0.2, 0) is 10.0 Å². The number of nitrogens with one attached hydrogen (secondary N) is 1. The van der Waals surface area contributed by atoms with Gasteiger partial charge in [-0.25, -0.2) is 14.2 Å². The summed E-state index contributed by atoms with van der Waals surface area (Å²) in [7, 11) is -2.78. The molecule has 3 aromatic rings. The van der Waals surface area contributed by atoms with Crippen molar-refractivity contribution in [2.24, 2.45) is 0 Å². The van der Waals surface area contributed by atoms with Crippen LogP contribution >= 0.6 is 11.3 Å². The lowest BCUT2D eigenvalue weighted by atomic mass is 10.2. The minimum atomic E-state index is -4.07. The van der Waals surface area contributed by atoms with Crippen molar-refractivity contribution < 1.29 is 27.4 Å². The first-order chi connectivity index (χ1) is 13.8. The molecule has 2 N–H and O–H groups in total. The van der Waals surface area contributed by atoms with Gasteiger partial charge in [-0.2, -0.15) is 8.42 Å². The predicted octanol–water partition coefficient (Wildman–Crippen LogP) is 3.19. The monoisotopic (exact) mass is 432 g/mol. The van der Waals surface area contributed by atoms with Crippen LogP contribution in [0.1, 0.15) is 20.9 Å². The van der Waals surface area contributed by atoms with Crippen molar-refractivity contribution in [3.8, 4) is 17.6 Å². The fourth-order valence-electron chi connectivity index (χ4n) is 2.23. The Morgan fingerprint density at radius 3 is 2.69 bits per heavy atom. The number of aromatic carboxylic acids is 1. The molecule has 0 bridgehead atoms. The van der Waals surface area contributed by atoms with Gasteiger partial charge in [0.25, 0.3) is 10.0 Å². The Morgan fingerprint density at radius 2 is 2.00 bits per heavy atom. The Morgan fingerprint density at radius 1 is 1.24 bits per heavy atom. The topological polar surface area (TPSA) is 106 Å². The van der Waals surface area contributed by atoms with Crippen molar-refractivity contribution in [1.29, 1.82) is 0 Å². The Balaban J connectivity index is 1.85. The smallest absolute Gasteiger partial charge is 0.335 e. The quantitative estimate of drug-likeness (QED) is 0.600. The second kappa shape index (κ2) is 8.30. The SMILES string of the molecule is COc1cc(C(=O)O)ccc1NS(=O)(=O)c1csc(C#Cc2ccccc2F)n1. The third kappa shape index (κ3) is 4.71. The molecule has 0 aliphatic rings. The van der Waals surface area contributed by atoms with E-state index < -0.39 is 21.8 Å². The number of thiazole rings is 1. The van der Waals surface area contributed by atoms with Crippen LogP contribution in [0.5, 0.6) is 5.75 Å². The summed E-state index contributed by atoms with van der Waals surface area (Å²) in [5, 5.41) is 10.2. The number of hydrogen-bond donors (Lipinski definition) is 2. The zero-order valence-electron chi connectivity index (χ0n) is 14.8. The Bertz CT molecular complexity index is 1240. The second-order valence-corrected chi connectivity index (χ2v) is 8.03. The molecule has 0 saturated heterocycles. The van der Waals surface area contributed by atoms with Gasteiger partial charge in [0.15, 0.2) is 10.0 Å². The van der Waals surface area contributed by atoms with E-state index in [9.17, 15) is 17.6 Å². The van der Waals surface area contributed by atoms with E-state index in [4.69, 9.17) is 9.84 Å². The molecule has 0 amide bonds. The summed E-state index contributed by atoms with van der Waals surface area (Å²) in [5.74, 6) is 3.64. The van der Waals surface area contributed by atoms with E-state index in [0.29, 0.717) is 0 Å². The summed E-state index contributed by atoms with van der Waals surface area (Å²) in [4.78, 5) is 15.0. The average molecular weight is 432 g/mol. The number of carbonyl (C=O) groups is 1. The Labute approximate surface area is 169 Å². The van der Waals surface area contributed by atoms with Crippen LogP contribution < -0.4 is 9.46 Å². The van der Waals surface area contributed by atoms with Crippen LogP contribution in [0.2, 0.25) is 0 Å². The van der Waals surface area contributed by atoms with Crippen LogP contribution in [-0.4, -0.2) is 31.6 Å². The molecular formula is C19H13FN2O5S2. The molecule has 0 unspecified atom stereocenters. The minimum Gasteiger partial charge on any atom is -0.495 e. The number of methoxy groups -OCH3 is 1. The van der Waals surface area contributed by atoms with E-state index in [1.165, 1.54) is 48.9 Å². The maximum Gasteiger partial charge on any atom is 0.335 e. The number of benzene rings is 2. The number of carboxylic acids is 1. The molecule has 0 fully saturated rings. The van der Waals surface area contributed by atoms with Crippen molar-refractivity contribution in [3.05, 3.63) is 69.8 Å². The molecule has 1 heterocycles. The maximum absolute atomic E-state index is 13.6. The molecule has 0 saturated carbocycles. The van der Waals surface area contributed by atoms with Crippen molar-refractivity contribution in [2.45, 2.75) is 5.03 Å². The van der Waals surface area contributed by atoms with E-state index in [1.807, 2.05) is 0 Å². The average Bonchev–Trinajstić information content (AvgIpc) is 3.17. The summed E-state index contributed by atoms with van der Waals surface area (Å²) in [6.07, 6.45) is 0. The molecule has 0 spiro atoms. The summed E-state index contributed by atoms with van der Waals surface area (Å²) < 4.78 is 46.1. The van der Waals surface area contributed by atoms with Crippen LogP contribution in [0.4, 0.5) is 10.1 Å². The van der Waals surface area contributed by atoms with Crippen LogP contribution in [0, 0.1) is 17.7 Å². The van der Waals surface area contributed by atoms with Gasteiger partial charge >= 0.3 is 5.97 Å². The number of carboxylic acid groups (broad SMARTS) is 1. The van der Waals surface area contributed by atoms with Gasteiger partial charge in [-0.15, -0.1) is 11.3 Å². The van der Waals surface area contributed by atoms with Gasteiger partial charge < -0.3 is 9.84 Å². The lowest BCUT2D eigenvalue weighted by Crippen LogP contribution is -2.14. The van der Waals surface area contributed by atoms with Gasteiger partial charge in [-0.3, -0.25) is 4.72 Å². The second-order valence-electron chi connectivity index (χ2n) is 5.55. The van der Waals surface area contributed by atoms with Gasteiger partial charge in [-0.05, 0) is 36.3 Å². The third-order valence-electron chi connectivity index (χ3n) is 3.63. The molecule has 7 nitrogen and oxygen atoms in total. The van der Waals surface area contributed by atoms with E-state index in [1.54, 1.807) is 6.07 Å². The van der Waals surface area contributed by atoms with Crippen molar-refractivity contribution >= 4 is 33.0 Å². The molecule has 0 atom stereocenters. The number of sulfonamides is 1. The molecule has 0 radical (unpaired) electrons. The van der Waals surface area contributed by atoms with Gasteiger partial charge in [-0.1, -0.05) is 18.1 Å². The third-order valence-corrected chi connectivity index (χ3v) is 5.78. The summed E-state index contributed by atoms with van der Waals surface area (Å²) in [5.41, 5.74) is 0.183. The van der Waals surface area contributed by atoms with Gasteiger partial charge in [0.1, 0.15) is 11.6 Å². The molecule has 148 valence electrons. The van der Waals surface area contributed by atoms with Gasteiger partial charge in [0.05, 0.1) is 23.9 Å². The number of halogens is 1. The molecule has 10 heteroatoms. The van der Waals surface area contributed by atoms with Gasteiger partial charge in [0.2, 0.25) is 0 Å². The van der Waals surface area contributed by atoms with E-state index >= 15 is 0 Å². The highest BCUT2D eigenvalue weighted by Gasteiger charge is 2.20. The molecule has 1 aromatic heterocycles. The predicted molar refractivity (Wildman–Crippen MR) is 105 cm³/mol. The molecule has 29 heavy (non-hydrogen) atoms. The lowest BCUT2D eigenvalue weighted by Gasteiger charge is -2.11. The van der Waals surface area contributed by atoms with Crippen molar-refractivity contribution in [1.82, 2.24) is 4.98 Å². The Hall–Kier alpha value is -3.42. The van der Waals surface area contributed by atoms with Crippen LogP contribution in [0.15, 0.2) is 52.9 Å².